The lowest BCUT2D eigenvalue weighted by Gasteiger charge is -2.45. The molecule has 1 aromatic heterocycles. The number of rotatable bonds is 3. The Morgan fingerprint density at radius 1 is 1.43 bits per heavy atom. The van der Waals surface area contributed by atoms with Crippen molar-refractivity contribution < 1.29 is 9.53 Å². The first-order valence-corrected chi connectivity index (χ1v) is 8.59. The second kappa shape index (κ2) is 6.34. The summed E-state index contributed by atoms with van der Waals surface area (Å²) in [4.78, 5) is 23.7. The van der Waals surface area contributed by atoms with Gasteiger partial charge in [-0.3, -0.25) is 0 Å². The summed E-state index contributed by atoms with van der Waals surface area (Å²) in [5, 5.41) is 3.31. The molecule has 0 aromatic carbocycles. The van der Waals surface area contributed by atoms with Gasteiger partial charge in [0.1, 0.15) is 5.82 Å². The number of nitrogens with one attached hydrogen (secondary N) is 1. The van der Waals surface area contributed by atoms with Gasteiger partial charge in [0.05, 0.1) is 25.0 Å². The monoisotopic (exact) mass is 318 g/mol. The lowest BCUT2D eigenvalue weighted by Crippen LogP contribution is -2.59. The van der Waals surface area contributed by atoms with Crippen LogP contribution in [0.2, 0.25) is 0 Å². The van der Waals surface area contributed by atoms with Crippen LogP contribution in [0.1, 0.15) is 51.8 Å². The molecule has 2 aliphatic rings. The van der Waals surface area contributed by atoms with Gasteiger partial charge in [-0.25, -0.2) is 14.8 Å². The van der Waals surface area contributed by atoms with Crippen molar-refractivity contribution >= 4 is 17.5 Å². The highest BCUT2D eigenvalue weighted by Crippen LogP contribution is 2.37. The fourth-order valence-corrected chi connectivity index (χ4v) is 3.62. The van der Waals surface area contributed by atoms with E-state index in [1.807, 2.05) is 20.8 Å². The molecular formula is C17H26N4O2. The maximum atomic E-state index is 12.5. The van der Waals surface area contributed by atoms with Gasteiger partial charge < -0.3 is 15.0 Å². The topological polar surface area (TPSA) is 67.3 Å². The molecule has 126 valence electrons. The van der Waals surface area contributed by atoms with Gasteiger partial charge in [0.15, 0.2) is 11.4 Å². The highest BCUT2D eigenvalue weighted by atomic mass is 16.5. The van der Waals surface area contributed by atoms with Gasteiger partial charge in [-0.15, -0.1) is 0 Å². The van der Waals surface area contributed by atoms with E-state index < -0.39 is 5.54 Å². The van der Waals surface area contributed by atoms with Crippen LogP contribution in [0.5, 0.6) is 0 Å². The Labute approximate surface area is 137 Å². The molecule has 6 heteroatoms. The molecule has 1 N–H and O–H groups in total. The zero-order chi connectivity index (χ0) is 16.4. The van der Waals surface area contributed by atoms with Gasteiger partial charge in [-0.2, -0.15) is 0 Å². The van der Waals surface area contributed by atoms with E-state index in [2.05, 4.69) is 20.2 Å². The van der Waals surface area contributed by atoms with Crippen LogP contribution in [-0.4, -0.2) is 40.7 Å². The van der Waals surface area contributed by atoms with Gasteiger partial charge >= 0.3 is 5.97 Å². The molecule has 0 bridgehead atoms. The highest BCUT2D eigenvalue weighted by Gasteiger charge is 2.43. The average molecular weight is 318 g/mol. The average Bonchev–Trinajstić information content (AvgIpc) is 2.56. The molecule has 1 aliphatic heterocycles. The van der Waals surface area contributed by atoms with E-state index in [1.54, 1.807) is 6.20 Å². The zero-order valence-electron chi connectivity index (χ0n) is 14.3. The van der Waals surface area contributed by atoms with Gasteiger partial charge in [0, 0.05) is 6.04 Å². The second-order valence-corrected chi connectivity index (χ2v) is 6.75. The van der Waals surface area contributed by atoms with Crippen LogP contribution < -0.4 is 10.2 Å². The Hall–Kier alpha value is -1.85. The number of carbonyl (C=O) groups excluding carboxylic acids is 1. The number of carbonyl (C=O) groups is 1. The maximum Gasteiger partial charge on any atom is 0.333 e. The third-order valence-corrected chi connectivity index (χ3v) is 4.80. The SMILES string of the molecule is CCOC(=O)C1(C)CN(C2CCCCC2)c2nc(C)ncc2N1. The number of hydrogen-bond donors (Lipinski definition) is 1. The van der Waals surface area contributed by atoms with Gasteiger partial charge in [-0.05, 0) is 33.6 Å². The van der Waals surface area contributed by atoms with Crippen molar-refractivity contribution in [2.75, 3.05) is 23.4 Å². The highest BCUT2D eigenvalue weighted by molar-refractivity contribution is 5.88. The van der Waals surface area contributed by atoms with Crippen LogP contribution in [0, 0.1) is 6.92 Å². The van der Waals surface area contributed by atoms with Gasteiger partial charge in [0.2, 0.25) is 0 Å². The summed E-state index contributed by atoms with van der Waals surface area (Å²) in [6, 6.07) is 0.438. The lowest BCUT2D eigenvalue weighted by atomic mass is 9.90. The number of anilines is 2. The number of aromatic nitrogens is 2. The zero-order valence-corrected chi connectivity index (χ0v) is 14.3. The molecule has 0 spiro atoms. The number of nitrogens with zero attached hydrogens (tertiary/aromatic N) is 3. The first kappa shape index (κ1) is 16.0. The summed E-state index contributed by atoms with van der Waals surface area (Å²) in [5.74, 6) is 1.46. The van der Waals surface area contributed by atoms with Gasteiger partial charge in [-0.1, -0.05) is 19.3 Å². The first-order valence-electron chi connectivity index (χ1n) is 8.59. The maximum absolute atomic E-state index is 12.5. The fraction of sp³-hybridized carbons (Fsp3) is 0.706. The minimum atomic E-state index is -0.765. The van der Waals surface area contributed by atoms with E-state index in [9.17, 15) is 4.79 Å². The summed E-state index contributed by atoms with van der Waals surface area (Å²) >= 11 is 0. The van der Waals surface area contributed by atoms with E-state index in [0.29, 0.717) is 19.2 Å². The quantitative estimate of drug-likeness (QED) is 0.864. The number of fused-ring (bicyclic) bond motifs is 1. The predicted octanol–water partition coefficient (Wildman–Crippen LogP) is 2.67. The molecule has 1 atom stereocenters. The first-order chi connectivity index (χ1) is 11.0. The molecule has 0 radical (unpaired) electrons. The smallest absolute Gasteiger partial charge is 0.333 e. The Balaban J connectivity index is 1.96. The second-order valence-electron chi connectivity index (χ2n) is 6.75. The summed E-state index contributed by atoms with van der Waals surface area (Å²) in [6.45, 7) is 6.61. The van der Waals surface area contributed by atoms with E-state index in [-0.39, 0.29) is 5.97 Å². The number of esters is 1. The third-order valence-electron chi connectivity index (χ3n) is 4.80. The predicted molar refractivity (Wildman–Crippen MR) is 89.6 cm³/mol. The normalized spacial score (nSPS) is 24.7. The van der Waals surface area contributed by atoms with Crippen LogP contribution in [0.25, 0.3) is 0 Å². The van der Waals surface area contributed by atoms with Crippen molar-refractivity contribution in [3.63, 3.8) is 0 Å². The van der Waals surface area contributed by atoms with E-state index >= 15 is 0 Å². The van der Waals surface area contributed by atoms with E-state index in [4.69, 9.17) is 4.74 Å². The largest absolute Gasteiger partial charge is 0.464 e. The molecule has 1 fully saturated rings. The van der Waals surface area contributed by atoms with E-state index in [0.717, 1.165) is 30.2 Å². The van der Waals surface area contributed by atoms with Crippen LogP contribution in [0.4, 0.5) is 11.5 Å². The van der Waals surface area contributed by atoms with Crippen molar-refractivity contribution in [2.45, 2.75) is 64.5 Å². The number of ether oxygens (including phenoxy) is 1. The van der Waals surface area contributed by atoms with Crippen molar-refractivity contribution in [3.8, 4) is 0 Å². The van der Waals surface area contributed by atoms with Crippen molar-refractivity contribution in [1.82, 2.24) is 9.97 Å². The molecule has 1 aromatic rings. The summed E-state index contributed by atoms with van der Waals surface area (Å²) in [5.41, 5.74) is 0.0574. The van der Waals surface area contributed by atoms with Crippen molar-refractivity contribution in [1.29, 1.82) is 0 Å². The molecule has 6 nitrogen and oxygen atoms in total. The van der Waals surface area contributed by atoms with Crippen LogP contribution in [0.3, 0.4) is 0 Å². The molecule has 1 saturated carbocycles. The molecule has 1 aliphatic carbocycles. The molecule has 1 unspecified atom stereocenters. The standard InChI is InChI=1S/C17H26N4O2/c1-4-23-16(22)17(3)11-21(13-8-6-5-7-9-13)15-14(20-17)10-18-12(2)19-15/h10,13,20H,4-9,11H2,1-3H3. The Morgan fingerprint density at radius 2 is 2.17 bits per heavy atom. The minimum Gasteiger partial charge on any atom is -0.464 e. The number of aryl methyl sites for hydroxylation is 1. The molecule has 0 saturated heterocycles. The van der Waals surface area contributed by atoms with Crippen molar-refractivity contribution in [2.24, 2.45) is 0 Å². The van der Waals surface area contributed by atoms with Crippen LogP contribution >= 0.6 is 0 Å². The molecule has 23 heavy (non-hydrogen) atoms. The fourth-order valence-electron chi connectivity index (χ4n) is 3.62. The van der Waals surface area contributed by atoms with Crippen LogP contribution in [0.15, 0.2) is 6.20 Å². The third kappa shape index (κ3) is 3.12. The van der Waals surface area contributed by atoms with Gasteiger partial charge in [0.25, 0.3) is 0 Å². The minimum absolute atomic E-state index is 0.216. The van der Waals surface area contributed by atoms with E-state index in [1.165, 1.54) is 19.3 Å². The molecule has 2 heterocycles. The van der Waals surface area contributed by atoms with Crippen LogP contribution in [-0.2, 0) is 9.53 Å². The molecule has 0 amide bonds. The molecule has 3 rings (SSSR count). The summed E-state index contributed by atoms with van der Waals surface area (Å²) in [7, 11) is 0. The lowest BCUT2D eigenvalue weighted by molar-refractivity contribution is -0.147. The summed E-state index contributed by atoms with van der Waals surface area (Å²) < 4.78 is 5.29. The Kier molecular flexibility index (Phi) is 4.41. The molecular weight excluding hydrogens is 292 g/mol. The van der Waals surface area contributed by atoms with Crippen molar-refractivity contribution in [3.05, 3.63) is 12.0 Å². The Morgan fingerprint density at radius 3 is 2.87 bits per heavy atom. The summed E-state index contributed by atoms with van der Waals surface area (Å²) in [6.07, 6.45) is 7.87. The number of hydrogen-bond acceptors (Lipinski definition) is 6. The Bertz CT molecular complexity index is 586.